The highest BCUT2D eigenvalue weighted by atomic mass is 32.2. The minimum Gasteiger partial charge on any atom is -0.325 e. The topological polar surface area (TPSA) is 116 Å². The van der Waals surface area contributed by atoms with Gasteiger partial charge in [-0.25, -0.2) is 0 Å². The molecule has 1 aromatic heterocycles. The van der Waals surface area contributed by atoms with Gasteiger partial charge in [0.2, 0.25) is 16.9 Å². The summed E-state index contributed by atoms with van der Waals surface area (Å²) in [5.41, 5.74) is 2.31. The lowest BCUT2D eigenvalue weighted by molar-refractivity contribution is -0.387. The number of nitro benzene ring substituents is 1. The quantitative estimate of drug-likeness (QED) is 0.372. The van der Waals surface area contributed by atoms with Gasteiger partial charge in [-0.1, -0.05) is 29.5 Å². The molecule has 0 saturated heterocycles. The molecule has 0 saturated carbocycles. The van der Waals surface area contributed by atoms with E-state index in [2.05, 4.69) is 20.8 Å². The molecule has 0 fully saturated rings. The number of anilines is 1. The van der Waals surface area contributed by atoms with Crippen LogP contribution in [0.5, 0.6) is 0 Å². The highest BCUT2D eigenvalue weighted by molar-refractivity contribution is 8.00. The summed E-state index contributed by atoms with van der Waals surface area (Å²) < 4.78 is 15.0. The molecule has 0 unspecified atom stereocenters. The molecule has 0 radical (unpaired) electrons. The Morgan fingerprint density at radius 3 is 2.72 bits per heavy atom. The van der Waals surface area contributed by atoms with Crippen LogP contribution in [0.3, 0.4) is 0 Å². The maximum atomic E-state index is 13.4. The average Bonchev–Trinajstić information content (AvgIpc) is 3.10. The second-order valence-corrected chi connectivity index (χ2v) is 7.64. The highest BCUT2D eigenvalue weighted by Gasteiger charge is 2.21. The van der Waals surface area contributed by atoms with Crippen LogP contribution in [-0.2, 0) is 4.79 Å². The molecule has 0 aliphatic rings. The number of nitrogens with one attached hydrogen (secondary N) is 1. The number of amides is 1. The second kappa shape index (κ2) is 8.35. The Labute approximate surface area is 169 Å². The number of hydrogen-bond donors (Lipinski definition) is 1. The van der Waals surface area contributed by atoms with Gasteiger partial charge in [0.15, 0.2) is 0 Å². The van der Waals surface area contributed by atoms with Crippen molar-refractivity contribution in [1.29, 1.82) is 0 Å². The third kappa shape index (κ3) is 4.57. The number of carbonyl (C=O) groups is 1. The summed E-state index contributed by atoms with van der Waals surface area (Å²) in [6, 6.07) is 9.01. The van der Waals surface area contributed by atoms with Crippen LogP contribution in [0, 0.1) is 29.8 Å². The van der Waals surface area contributed by atoms with E-state index < -0.39 is 27.6 Å². The monoisotopic (exact) mass is 416 g/mol. The zero-order chi connectivity index (χ0) is 21.1. The van der Waals surface area contributed by atoms with Gasteiger partial charge < -0.3 is 5.32 Å². The summed E-state index contributed by atoms with van der Waals surface area (Å²) in [5, 5.41) is 24.9. The number of thioether (sulfide) groups is 1. The van der Waals surface area contributed by atoms with Crippen molar-refractivity contribution in [1.82, 2.24) is 20.2 Å². The summed E-state index contributed by atoms with van der Waals surface area (Å²) in [6.45, 7) is 5.58. The van der Waals surface area contributed by atoms with Crippen molar-refractivity contribution in [2.24, 2.45) is 0 Å². The molecule has 0 aliphatic carbocycles. The number of aryl methyl sites for hydroxylation is 2. The Kier molecular flexibility index (Phi) is 5.87. The van der Waals surface area contributed by atoms with Crippen molar-refractivity contribution in [2.45, 2.75) is 31.2 Å². The number of nitro groups is 1. The van der Waals surface area contributed by atoms with Gasteiger partial charge in [-0.15, -0.1) is 5.10 Å². The lowest BCUT2D eigenvalue weighted by Gasteiger charge is -2.13. The number of benzene rings is 2. The van der Waals surface area contributed by atoms with Crippen LogP contribution in [0.15, 0.2) is 41.6 Å². The molecular formula is C18H17FN6O3S. The van der Waals surface area contributed by atoms with Gasteiger partial charge in [0.25, 0.3) is 0 Å². The molecule has 1 heterocycles. The average molecular weight is 416 g/mol. The van der Waals surface area contributed by atoms with Crippen LogP contribution in [0.1, 0.15) is 18.1 Å². The van der Waals surface area contributed by atoms with Gasteiger partial charge >= 0.3 is 5.69 Å². The first-order valence-corrected chi connectivity index (χ1v) is 9.41. The summed E-state index contributed by atoms with van der Waals surface area (Å²) in [5.74, 6) is -1.39. The summed E-state index contributed by atoms with van der Waals surface area (Å²) in [4.78, 5) is 22.5. The summed E-state index contributed by atoms with van der Waals surface area (Å²) >= 11 is 1.13. The molecule has 3 aromatic rings. The molecule has 29 heavy (non-hydrogen) atoms. The second-order valence-electron chi connectivity index (χ2n) is 6.34. The number of carbonyl (C=O) groups excluding carboxylic acids is 1. The van der Waals surface area contributed by atoms with Gasteiger partial charge in [-0.2, -0.15) is 9.07 Å². The maximum absolute atomic E-state index is 13.4. The third-order valence-corrected chi connectivity index (χ3v) is 5.12. The molecule has 0 bridgehead atoms. The Bertz CT molecular complexity index is 1090. The van der Waals surface area contributed by atoms with E-state index in [-0.39, 0.29) is 5.69 Å². The largest absolute Gasteiger partial charge is 0.325 e. The number of rotatable bonds is 6. The Morgan fingerprint density at radius 2 is 2.03 bits per heavy atom. The predicted octanol–water partition coefficient (Wildman–Crippen LogP) is 3.45. The zero-order valence-electron chi connectivity index (χ0n) is 15.8. The van der Waals surface area contributed by atoms with Crippen molar-refractivity contribution in [3.63, 3.8) is 0 Å². The molecule has 1 N–H and O–H groups in total. The van der Waals surface area contributed by atoms with Crippen LogP contribution >= 0.6 is 11.8 Å². The molecule has 150 valence electrons. The fourth-order valence-corrected chi connectivity index (χ4v) is 3.43. The molecule has 9 nitrogen and oxygen atoms in total. The zero-order valence-corrected chi connectivity index (χ0v) is 16.6. The van der Waals surface area contributed by atoms with Crippen molar-refractivity contribution < 1.29 is 14.1 Å². The van der Waals surface area contributed by atoms with Crippen LogP contribution in [0.4, 0.5) is 15.8 Å². The minimum atomic E-state index is -0.969. The fourth-order valence-electron chi connectivity index (χ4n) is 2.63. The van der Waals surface area contributed by atoms with Crippen molar-refractivity contribution in [3.8, 4) is 5.69 Å². The standard InChI is InChI=1S/C18H17FN6O3S/c1-10-4-7-15(11(2)8-10)24-18(21-22-23-24)29-12(3)17(26)20-13-5-6-14(19)16(9-13)25(27)28/h4-9,12H,1-3H3,(H,20,26)/t12-/m1/s1. The van der Waals surface area contributed by atoms with Crippen molar-refractivity contribution in [3.05, 3.63) is 63.5 Å². The number of nitrogens with zero attached hydrogens (tertiary/aromatic N) is 5. The number of aromatic nitrogens is 4. The van der Waals surface area contributed by atoms with Gasteiger partial charge in [0.1, 0.15) is 0 Å². The normalized spacial score (nSPS) is 11.9. The van der Waals surface area contributed by atoms with Gasteiger partial charge in [-0.05, 0) is 55.0 Å². The summed E-state index contributed by atoms with van der Waals surface area (Å²) in [7, 11) is 0. The molecule has 2 aromatic carbocycles. The van der Waals surface area contributed by atoms with Crippen LogP contribution < -0.4 is 5.32 Å². The van der Waals surface area contributed by atoms with E-state index in [1.165, 1.54) is 6.07 Å². The predicted molar refractivity (Wildman–Crippen MR) is 106 cm³/mol. The van der Waals surface area contributed by atoms with E-state index in [1.807, 2.05) is 32.0 Å². The Hall–Kier alpha value is -3.34. The smallest absolute Gasteiger partial charge is 0.306 e. The minimum absolute atomic E-state index is 0.129. The van der Waals surface area contributed by atoms with Crippen molar-refractivity contribution in [2.75, 3.05) is 5.32 Å². The Balaban J connectivity index is 1.75. The lowest BCUT2D eigenvalue weighted by atomic mass is 10.1. The highest BCUT2D eigenvalue weighted by Crippen LogP contribution is 2.26. The molecule has 3 rings (SSSR count). The number of hydrogen-bond acceptors (Lipinski definition) is 7. The number of tetrazole rings is 1. The van der Waals surface area contributed by atoms with E-state index in [4.69, 9.17) is 0 Å². The number of halogens is 1. The lowest BCUT2D eigenvalue weighted by Crippen LogP contribution is -2.23. The summed E-state index contributed by atoms with van der Waals surface area (Å²) in [6.07, 6.45) is 0. The van der Waals surface area contributed by atoms with E-state index in [9.17, 15) is 19.3 Å². The van der Waals surface area contributed by atoms with Gasteiger partial charge in [-0.3, -0.25) is 14.9 Å². The van der Waals surface area contributed by atoms with E-state index in [0.29, 0.717) is 5.16 Å². The molecule has 11 heteroatoms. The first kappa shape index (κ1) is 20.4. The van der Waals surface area contributed by atoms with Crippen LogP contribution in [0.25, 0.3) is 5.69 Å². The van der Waals surface area contributed by atoms with Crippen molar-refractivity contribution >= 4 is 29.0 Å². The first-order valence-electron chi connectivity index (χ1n) is 8.53. The van der Waals surface area contributed by atoms with E-state index in [1.54, 1.807) is 11.6 Å². The van der Waals surface area contributed by atoms with Crippen LogP contribution in [-0.4, -0.2) is 36.3 Å². The molecule has 1 atom stereocenters. The first-order chi connectivity index (χ1) is 13.8. The molecular weight excluding hydrogens is 399 g/mol. The third-order valence-electron chi connectivity index (χ3n) is 4.08. The SMILES string of the molecule is Cc1ccc(-n2nnnc2S[C@H](C)C(=O)Nc2ccc(F)c([N+](=O)[O-])c2)c(C)c1. The van der Waals surface area contributed by atoms with E-state index in [0.717, 1.165) is 40.7 Å². The van der Waals surface area contributed by atoms with Gasteiger partial charge in [0.05, 0.1) is 15.9 Å². The molecule has 0 aliphatic heterocycles. The molecule has 0 spiro atoms. The van der Waals surface area contributed by atoms with Crippen LogP contribution in [0.2, 0.25) is 0 Å². The van der Waals surface area contributed by atoms with Gasteiger partial charge in [0, 0.05) is 11.8 Å². The molecule has 1 amide bonds. The maximum Gasteiger partial charge on any atom is 0.306 e. The van der Waals surface area contributed by atoms with E-state index >= 15 is 0 Å². The Morgan fingerprint density at radius 1 is 1.28 bits per heavy atom. The fraction of sp³-hybridized carbons (Fsp3) is 0.222.